The number of hydrogen-bond acceptors (Lipinski definition) is 2. The molecule has 0 spiro atoms. The molecular formula is C6H12O2. The van der Waals surface area contributed by atoms with E-state index in [9.17, 15) is 0 Å². The molecule has 1 heterocycles. The number of aliphatic hydroxyl groups is 1. The first-order chi connectivity index (χ1) is 3.79. The normalized spacial score (nSPS) is 39.8. The van der Waals surface area contributed by atoms with Crippen molar-refractivity contribution in [2.24, 2.45) is 5.92 Å². The van der Waals surface area contributed by atoms with E-state index in [4.69, 9.17) is 9.84 Å². The molecular weight excluding hydrogens is 104 g/mol. The number of rotatable bonds is 0. The molecule has 0 unspecified atom stereocenters. The van der Waals surface area contributed by atoms with Crippen molar-refractivity contribution in [2.45, 2.75) is 19.4 Å². The van der Waals surface area contributed by atoms with Crippen molar-refractivity contribution in [3.8, 4) is 0 Å². The molecule has 2 heteroatoms. The third kappa shape index (κ3) is 1.46. The lowest BCUT2D eigenvalue weighted by atomic mass is 10.0. The molecule has 1 aliphatic heterocycles. The van der Waals surface area contributed by atoms with Crippen LogP contribution in [0.5, 0.6) is 0 Å². The summed E-state index contributed by atoms with van der Waals surface area (Å²) in [7, 11) is 0. The van der Waals surface area contributed by atoms with E-state index in [1.807, 2.05) is 0 Å². The molecule has 0 aromatic rings. The lowest BCUT2D eigenvalue weighted by Crippen LogP contribution is -2.27. The van der Waals surface area contributed by atoms with Crippen molar-refractivity contribution in [1.82, 2.24) is 0 Å². The van der Waals surface area contributed by atoms with Crippen LogP contribution in [0.1, 0.15) is 13.3 Å². The second-order valence-electron chi connectivity index (χ2n) is 2.53. The molecule has 0 aromatic heterocycles. The Hall–Kier alpha value is -0.0800. The maximum atomic E-state index is 8.95. The second kappa shape index (κ2) is 2.46. The molecule has 0 bridgehead atoms. The van der Waals surface area contributed by atoms with Crippen LogP contribution in [0.15, 0.2) is 0 Å². The van der Waals surface area contributed by atoms with E-state index in [1.54, 1.807) is 0 Å². The third-order valence-corrected chi connectivity index (χ3v) is 1.39. The first-order valence-electron chi connectivity index (χ1n) is 3.05. The largest absolute Gasteiger partial charge is 0.391 e. The van der Waals surface area contributed by atoms with E-state index in [-0.39, 0.29) is 6.10 Å². The van der Waals surface area contributed by atoms with E-state index >= 15 is 0 Å². The molecule has 0 radical (unpaired) electrons. The molecule has 0 saturated carbocycles. The van der Waals surface area contributed by atoms with Gasteiger partial charge in [-0.1, -0.05) is 6.92 Å². The van der Waals surface area contributed by atoms with Crippen LogP contribution >= 0.6 is 0 Å². The van der Waals surface area contributed by atoms with Gasteiger partial charge in [0.1, 0.15) is 0 Å². The number of hydrogen-bond donors (Lipinski definition) is 1. The fourth-order valence-corrected chi connectivity index (χ4v) is 1.01. The molecule has 8 heavy (non-hydrogen) atoms. The predicted octanol–water partition coefficient (Wildman–Crippen LogP) is 0.404. The van der Waals surface area contributed by atoms with Gasteiger partial charge in [0, 0.05) is 6.61 Å². The zero-order valence-corrected chi connectivity index (χ0v) is 5.13. The molecule has 2 nitrogen and oxygen atoms in total. The van der Waals surface area contributed by atoms with Gasteiger partial charge in [-0.15, -0.1) is 0 Å². The molecule has 1 saturated heterocycles. The van der Waals surface area contributed by atoms with Gasteiger partial charge in [-0.25, -0.2) is 0 Å². The predicted molar refractivity (Wildman–Crippen MR) is 30.6 cm³/mol. The minimum absolute atomic E-state index is 0.209. The summed E-state index contributed by atoms with van der Waals surface area (Å²) in [6.07, 6.45) is 0.693. The van der Waals surface area contributed by atoms with Gasteiger partial charge in [0.25, 0.3) is 0 Å². The summed E-state index contributed by atoms with van der Waals surface area (Å²) in [5.41, 5.74) is 0. The van der Waals surface area contributed by atoms with Crippen molar-refractivity contribution < 1.29 is 9.84 Å². The molecule has 0 aromatic carbocycles. The van der Waals surface area contributed by atoms with E-state index in [1.165, 1.54) is 0 Å². The average Bonchev–Trinajstić information content (AvgIpc) is 1.64. The molecule has 48 valence electrons. The quantitative estimate of drug-likeness (QED) is 0.496. The second-order valence-corrected chi connectivity index (χ2v) is 2.53. The minimum Gasteiger partial charge on any atom is -0.391 e. The number of aliphatic hydroxyl groups excluding tert-OH is 1. The van der Waals surface area contributed by atoms with Crippen LogP contribution in [0.25, 0.3) is 0 Å². The monoisotopic (exact) mass is 116 g/mol. The van der Waals surface area contributed by atoms with Crippen molar-refractivity contribution in [2.75, 3.05) is 13.2 Å². The Balaban J connectivity index is 2.23. The Morgan fingerprint density at radius 2 is 2.25 bits per heavy atom. The summed E-state index contributed by atoms with van der Waals surface area (Å²) < 4.78 is 5.04. The lowest BCUT2D eigenvalue weighted by molar-refractivity contribution is -0.0312. The molecule has 1 fully saturated rings. The molecule has 1 aliphatic rings. The van der Waals surface area contributed by atoms with Crippen LogP contribution < -0.4 is 0 Å². The van der Waals surface area contributed by atoms with Crippen molar-refractivity contribution in [1.29, 1.82) is 0 Å². The lowest BCUT2D eigenvalue weighted by Gasteiger charge is -2.22. The van der Waals surface area contributed by atoms with Gasteiger partial charge >= 0.3 is 0 Å². The van der Waals surface area contributed by atoms with Crippen molar-refractivity contribution in [3.05, 3.63) is 0 Å². The highest BCUT2D eigenvalue weighted by Crippen LogP contribution is 2.11. The molecule has 1 N–H and O–H groups in total. The van der Waals surface area contributed by atoms with Crippen LogP contribution in [-0.2, 0) is 4.74 Å². The Bertz CT molecular complexity index is 64.9. The zero-order valence-electron chi connectivity index (χ0n) is 5.13. The fraction of sp³-hybridized carbons (Fsp3) is 1.00. The Morgan fingerprint density at radius 1 is 1.50 bits per heavy atom. The van der Waals surface area contributed by atoms with E-state index in [0.29, 0.717) is 12.5 Å². The van der Waals surface area contributed by atoms with E-state index < -0.39 is 0 Å². The van der Waals surface area contributed by atoms with Crippen molar-refractivity contribution >= 4 is 0 Å². The summed E-state index contributed by atoms with van der Waals surface area (Å²) in [6, 6.07) is 0. The average molecular weight is 116 g/mol. The SMILES string of the molecule is C[C@@H]1COC[C@H](O)C1. The standard InChI is InChI=1S/C6H12O2/c1-5-2-6(7)4-8-3-5/h5-7H,2-4H2,1H3/t5-,6+/m0/s1. The Morgan fingerprint density at radius 3 is 2.62 bits per heavy atom. The summed E-state index contributed by atoms with van der Waals surface area (Å²) in [6.45, 7) is 3.43. The smallest absolute Gasteiger partial charge is 0.0777 e. The molecule has 1 rings (SSSR count). The molecule has 0 aliphatic carbocycles. The summed E-state index contributed by atoms with van der Waals surface area (Å²) in [4.78, 5) is 0. The minimum atomic E-state index is -0.209. The van der Waals surface area contributed by atoms with Crippen LogP contribution in [0.3, 0.4) is 0 Å². The first kappa shape index (κ1) is 6.05. The van der Waals surface area contributed by atoms with E-state index in [2.05, 4.69) is 6.92 Å². The Labute approximate surface area is 49.5 Å². The summed E-state index contributed by atoms with van der Waals surface area (Å²) >= 11 is 0. The highest BCUT2D eigenvalue weighted by molar-refractivity contribution is 4.64. The van der Waals surface area contributed by atoms with Gasteiger partial charge in [0.15, 0.2) is 0 Å². The first-order valence-corrected chi connectivity index (χ1v) is 3.05. The molecule has 0 amide bonds. The van der Waals surface area contributed by atoms with E-state index in [0.717, 1.165) is 13.0 Å². The zero-order chi connectivity index (χ0) is 5.98. The topological polar surface area (TPSA) is 29.5 Å². The van der Waals surface area contributed by atoms with Gasteiger partial charge < -0.3 is 9.84 Å². The third-order valence-electron chi connectivity index (χ3n) is 1.39. The number of ether oxygens (including phenoxy) is 1. The molecule has 2 atom stereocenters. The van der Waals surface area contributed by atoms with Crippen LogP contribution in [-0.4, -0.2) is 24.4 Å². The fourth-order valence-electron chi connectivity index (χ4n) is 1.01. The van der Waals surface area contributed by atoms with Gasteiger partial charge in [0.05, 0.1) is 12.7 Å². The maximum absolute atomic E-state index is 8.95. The van der Waals surface area contributed by atoms with Gasteiger partial charge in [0.2, 0.25) is 0 Å². The van der Waals surface area contributed by atoms with Crippen LogP contribution in [0, 0.1) is 5.92 Å². The van der Waals surface area contributed by atoms with Gasteiger partial charge in [-0.2, -0.15) is 0 Å². The van der Waals surface area contributed by atoms with Crippen LogP contribution in [0.2, 0.25) is 0 Å². The Kier molecular flexibility index (Phi) is 1.86. The van der Waals surface area contributed by atoms with Crippen molar-refractivity contribution in [3.63, 3.8) is 0 Å². The highest BCUT2D eigenvalue weighted by Gasteiger charge is 2.15. The van der Waals surface area contributed by atoms with Gasteiger partial charge in [-0.3, -0.25) is 0 Å². The summed E-state index contributed by atoms with van der Waals surface area (Å²) in [5.74, 6) is 0.541. The highest BCUT2D eigenvalue weighted by atomic mass is 16.5. The maximum Gasteiger partial charge on any atom is 0.0777 e. The van der Waals surface area contributed by atoms with Crippen LogP contribution in [0.4, 0.5) is 0 Å². The van der Waals surface area contributed by atoms with Gasteiger partial charge in [-0.05, 0) is 12.3 Å². The summed E-state index contributed by atoms with van der Waals surface area (Å²) in [5, 5.41) is 8.95.